The second-order valence-corrected chi connectivity index (χ2v) is 14.1. The van der Waals surface area contributed by atoms with E-state index in [1.54, 1.807) is 76.4 Å². The van der Waals surface area contributed by atoms with E-state index in [0.717, 1.165) is 51.7 Å². The molecular formula is C46H33F6N5O3. The van der Waals surface area contributed by atoms with Gasteiger partial charge >= 0.3 is 18.3 Å². The third-order valence-corrected chi connectivity index (χ3v) is 9.86. The minimum absolute atomic E-state index is 0.0384. The van der Waals surface area contributed by atoms with Crippen molar-refractivity contribution in [1.29, 1.82) is 0 Å². The maximum absolute atomic E-state index is 13.3. The number of amides is 1. The normalized spacial score (nSPS) is 11.9. The summed E-state index contributed by atoms with van der Waals surface area (Å²) in [5.41, 5.74) is 4.37. The van der Waals surface area contributed by atoms with Gasteiger partial charge in [-0.25, -0.2) is 4.79 Å². The second kappa shape index (κ2) is 16.2. The number of benzene rings is 6. The number of ether oxygens (including phenoxy) is 1. The van der Waals surface area contributed by atoms with Crippen LogP contribution in [-0.2, 0) is 30.2 Å². The molecule has 60 heavy (non-hydrogen) atoms. The first-order valence-corrected chi connectivity index (χ1v) is 18.7. The van der Waals surface area contributed by atoms with Crippen LogP contribution in [-0.4, -0.2) is 44.6 Å². The van der Waals surface area contributed by atoms with Gasteiger partial charge in [0.15, 0.2) is 0 Å². The largest absolute Gasteiger partial charge is 0.460 e. The summed E-state index contributed by atoms with van der Waals surface area (Å²) < 4.78 is 88.2. The van der Waals surface area contributed by atoms with Gasteiger partial charge in [-0.1, -0.05) is 72.8 Å². The van der Waals surface area contributed by atoms with Gasteiger partial charge in [-0.05, 0) is 94.0 Å². The number of aromatic nitrogens is 4. The van der Waals surface area contributed by atoms with Gasteiger partial charge in [0.25, 0.3) is 5.91 Å². The zero-order valence-electron chi connectivity index (χ0n) is 31.5. The van der Waals surface area contributed by atoms with Crippen molar-refractivity contribution in [3.05, 3.63) is 179 Å². The van der Waals surface area contributed by atoms with Crippen molar-refractivity contribution in [3.63, 3.8) is 0 Å². The zero-order chi connectivity index (χ0) is 42.0. The van der Waals surface area contributed by atoms with Crippen LogP contribution in [0.5, 0.6) is 0 Å². The van der Waals surface area contributed by atoms with Crippen molar-refractivity contribution >= 4 is 33.7 Å². The summed E-state index contributed by atoms with van der Waals surface area (Å²) >= 11 is 0. The molecule has 6 aromatic carbocycles. The fourth-order valence-corrected chi connectivity index (χ4v) is 7.05. The molecule has 8 nitrogen and oxygen atoms in total. The number of nitrogens with one attached hydrogen (secondary N) is 1. The number of halogens is 6. The van der Waals surface area contributed by atoms with Crippen LogP contribution in [0.2, 0.25) is 0 Å². The van der Waals surface area contributed by atoms with E-state index in [1.807, 2.05) is 42.5 Å². The lowest BCUT2D eigenvalue weighted by molar-refractivity contribution is -0.138. The molecule has 0 saturated heterocycles. The van der Waals surface area contributed by atoms with Crippen LogP contribution in [0, 0.1) is 0 Å². The number of fused-ring (bicyclic) bond motifs is 2. The van der Waals surface area contributed by atoms with E-state index in [2.05, 4.69) is 15.5 Å². The van der Waals surface area contributed by atoms with Crippen molar-refractivity contribution in [2.24, 2.45) is 0 Å². The number of hydrogen-bond acceptors (Lipinski definition) is 5. The van der Waals surface area contributed by atoms with Crippen molar-refractivity contribution in [2.75, 3.05) is 13.2 Å². The molecule has 0 spiro atoms. The van der Waals surface area contributed by atoms with Gasteiger partial charge in [-0.3, -0.25) is 14.2 Å². The lowest BCUT2D eigenvalue weighted by Crippen LogP contribution is -2.28. The van der Waals surface area contributed by atoms with Crippen LogP contribution >= 0.6 is 0 Å². The molecule has 0 saturated carbocycles. The predicted octanol–water partition coefficient (Wildman–Crippen LogP) is 10.4. The molecule has 1 N–H and O–H groups in total. The minimum Gasteiger partial charge on any atom is -0.460 e. The number of rotatable bonds is 11. The molecule has 2 aromatic heterocycles. The number of alkyl halides is 6. The summed E-state index contributed by atoms with van der Waals surface area (Å²) in [6.07, 6.45) is -5.38. The van der Waals surface area contributed by atoms with E-state index in [4.69, 9.17) is 4.74 Å². The molecule has 302 valence electrons. The molecule has 0 unspecified atom stereocenters. The molecule has 0 aliphatic heterocycles. The lowest BCUT2D eigenvalue weighted by atomic mass is 10.00. The van der Waals surface area contributed by atoms with Gasteiger partial charge in [-0.2, -0.15) is 36.5 Å². The van der Waals surface area contributed by atoms with Crippen molar-refractivity contribution in [1.82, 2.24) is 24.9 Å². The number of carbonyl (C=O) groups excluding carboxylic acids is 2. The average Bonchev–Trinajstić information content (AvgIpc) is 3.85. The van der Waals surface area contributed by atoms with E-state index >= 15 is 0 Å². The quantitative estimate of drug-likeness (QED) is 0.0798. The smallest absolute Gasteiger partial charge is 0.416 e. The number of hydrogen-bond donors (Lipinski definition) is 1. The summed E-state index contributed by atoms with van der Waals surface area (Å²) in [6.45, 7) is 0.206. The number of nitrogens with zero attached hydrogens (tertiary/aromatic N) is 4. The van der Waals surface area contributed by atoms with E-state index in [-0.39, 0.29) is 37.7 Å². The molecular weight excluding hydrogens is 785 g/mol. The van der Waals surface area contributed by atoms with Crippen LogP contribution in [0.25, 0.3) is 44.1 Å². The van der Waals surface area contributed by atoms with Crippen LogP contribution < -0.4 is 5.32 Å². The van der Waals surface area contributed by atoms with E-state index < -0.39 is 29.4 Å². The molecule has 8 aromatic rings. The topological polar surface area (TPSA) is 91.0 Å². The van der Waals surface area contributed by atoms with Gasteiger partial charge in [-0.15, -0.1) is 0 Å². The van der Waals surface area contributed by atoms with Gasteiger partial charge < -0.3 is 10.1 Å². The van der Waals surface area contributed by atoms with E-state index in [0.29, 0.717) is 33.3 Å². The minimum atomic E-state index is -4.45. The summed E-state index contributed by atoms with van der Waals surface area (Å²) in [6, 6.07) is 35.0. The standard InChI is InChI=1S/C46H33F6N5O3/c47-45(48,49)35-13-1-7-29(21-35)25-56-27-39-37(15-5-17-41(39)54-56)31-9-3-11-33(23-31)43(58)53-19-20-60-44(59)34-12-4-10-32(24-34)38-16-6-18-42-40(38)28-57(55-42)26-30-8-2-14-36(22-30)46(50,51)52/h1-18,21-24,27-28H,19-20,25-26H2,(H,53,58). The Morgan fingerprint density at radius 1 is 0.567 bits per heavy atom. The van der Waals surface area contributed by atoms with Crippen LogP contribution in [0.15, 0.2) is 146 Å². The molecule has 0 atom stereocenters. The third kappa shape index (κ3) is 8.77. The Labute approximate surface area is 338 Å². The molecule has 2 heterocycles. The first kappa shape index (κ1) is 39.6. The Bertz CT molecular complexity index is 2680. The Morgan fingerprint density at radius 3 is 1.55 bits per heavy atom. The third-order valence-electron chi connectivity index (χ3n) is 9.86. The second-order valence-electron chi connectivity index (χ2n) is 14.1. The van der Waals surface area contributed by atoms with Gasteiger partial charge in [0.2, 0.25) is 0 Å². The zero-order valence-corrected chi connectivity index (χ0v) is 31.5. The summed E-state index contributed by atoms with van der Waals surface area (Å²) in [5.74, 6) is -0.980. The molecule has 0 aliphatic rings. The van der Waals surface area contributed by atoms with E-state index in [9.17, 15) is 35.9 Å². The Morgan fingerprint density at radius 2 is 1.03 bits per heavy atom. The molecule has 0 radical (unpaired) electrons. The Hall–Kier alpha value is -7.22. The first-order chi connectivity index (χ1) is 28.8. The maximum Gasteiger partial charge on any atom is 0.416 e. The predicted molar refractivity (Wildman–Crippen MR) is 214 cm³/mol. The summed E-state index contributed by atoms with van der Waals surface area (Å²) in [4.78, 5) is 26.3. The molecule has 8 rings (SSSR count). The highest BCUT2D eigenvalue weighted by atomic mass is 19.4. The summed E-state index contributed by atoms with van der Waals surface area (Å²) in [7, 11) is 0. The fourth-order valence-electron chi connectivity index (χ4n) is 7.05. The van der Waals surface area contributed by atoms with Gasteiger partial charge in [0, 0.05) is 28.7 Å². The van der Waals surface area contributed by atoms with E-state index in [1.165, 1.54) is 12.1 Å². The monoisotopic (exact) mass is 817 g/mol. The highest BCUT2D eigenvalue weighted by molar-refractivity contribution is 5.99. The van der Waals surface area contributed by atoms with Gasteiger partial charge in [0.05, 0.1) is 47.4 Å². The van der Waals surface area contributed by atoms with Crippen LogP contribution in [0.1, 0.15) is 43.0 Å². The number of esters is 1. The van der Waals surface area contributed by atoms with Crippen molar-refractivity contribution in [3.8, 4) is 22.3 Å². The van der Waals surface area contributed by atoms with Crippen LogP contribution in [0.4, 0.5) is 26.3 Å². The highest BCUT2D eigenvalue weighted by Gasteiger charge is 2.31. The first-order valence-electron chi connectivity index (χ1n) is 18.7. The molecule has 1 amide bonds. The fraction of sp³-hybridized carbons (Fsp3) is 0.130. The molecule has 14 heteroatoms. The summed E-state index contributed by atoms with van der Waals surface area (Å²) in [5, 5.41) is 13.4. The maximum atomic E-state index is 13.3. The Balaban J connectivity index is 0.892. The highest BCUT2D eigenvalue weighted by Crippen LogP contribution is 2.33. The van der Waals surface area contributed by atoms with Crippen molar-refractivity contribution < 1.29 is 40.7 Å². The van der Waals surface area contributed by atoms with Crippen molar-refractivity contribution in [2.45, 2.75) is 25.4 Å². The average molecular weight is 818 g/mol. The van der Waals surface area contributed by atoms with Gasteiger partial charge in [0.1, 0.15) is 6.61 Å². The number of carbonyl (C=O) groups is 2. The SMILES string of the molecule is O=C(NCCOC(=O)c1cccc(-c2cccc3nn(Cc4cccc(C(F)(F)F)c4)cc23)c1)c1cccc(-c2cccc3nn(Cc4cccc(C(F)(F)F)c4)cc23)c1. The lowest BCUT2D eigenvalue weighted by Gasteiger charge is -2.10. The molecule has 0 fully saturated rings. The molecule has 0 aliphatic carbocycles. The van der Waals surface area contributed by atoms with Crippen LogP contribution in [0.3, 0.4) is 0 Å². The Kier molecular flexibility index (Phi) is 10.7. The molecule has 0 bridgehead atoms.